The van der Waals surface area contributed by atoms with Gasteiger partial charge >= 0.3 is 5.97 Å². The second-order valence-corrected chi connectivity index (χ2v) is 10.9. The first-order valence-electron chi connectivity index (χ1n) is 10.5. The van der Waals surface area contributed by atoms with E-state index in [4.69, 9.17) is 11.3 Å². The first-order valence-corrected chi connectivity index (χ1v) is 13.5. The van der Waals surface area contributed by atoms with Crippen molar-refractivity contribution in [2.24, 2.45) is 10.6 Å². The Hall–Kier alpha value is -3.68. The monoisotopic (exact) mass is 561 g/mol. The van der Waals surface area contributed by atoms with Crippen LogP contribution < -0.4 is 10.6 Å². The summed E-state index contributed by atoms with van der Waals surface area (Å²) in [6, 6.07) is 3.65. The van der Waals surface area contributed by atoms with Gasteiger partial charge in [0.15, 0.2) is 16.7 Å². The van der Waals surface area contributed by atoms with Crippen molar-refractivity contribution in [1.29, 1.82) is 0 Å². The molecule has 2 fully saturated rings. The third-order valence-electron chi connectivity index (χ3n) is 5.41. The number of carbonyl (C=O) groups excluding carboxylic acids is 3. The lowest BCUT2D eigenvalue weighted by Crippen LogP contribution is -2.74. The molecule has 2 aliphatic rings. The highest BCUT2D eigenvalue weighted by Gasteiger charge is 2.57. The van der Waals surface area contributed by atoms with Crippen LogP contribution in [0, 0.1) is 17.8 Å². The van der Waals surface area contributed by atoms with Crippen molar-refractivity contribution in [3.05, 3.63) is 29.4 Å². The number of carboxylic acid groups (broad SMARTS) is 1. The van der Waals surface area contributed by atoms with Gasteiger partial charge in [0.1, 0.15) is 33.9 Å². The number of anilines is 1. The van der Waals surface area contributed by atoms with E-state index in [-0.39, 0.29) is 41.9 Å². The SMILES string of the molecule is C#CCON=C(C(=O)NC1C(=O)N2CC(CSc3nncs3)(C(=O)O)CS[C@H]12)c1cccc(NC=O)n1. The second kappa shape index (κ2) is 11.6. The topological polar surface area (TPSA) is 176 Å². The number of carbonyl (C=O) groups is 4. The molecule has 4 heterocycles. The normalized spacial score (nSPS) is 22.7. The molecule has 2 unspecified atom stereocenters. The number of terminal acetylenes is 1. The van der Waals surface area contributed by atoms with Crippen LogP contribution in [0.25, 0.3) is 0 Å². The third-order valence-corrected chi connectivity index (χ3v) is 9.15. The summed E-state index contributed by atoms with van der Waals surface area (Å²) in [7, 11) is 0. The zero-order valence-corrected chi connectivity index (χ0v) is 21.3. The van der Waals surface area contributed by atoms with Gasteiger partial charge in [-0.05, 0) is 12.1 Å². The lowest BCUT2D eigenvalue weighted by Gasteiger charge is -2.53. The largest absolute Gasteiger partial charge is 0.481 e. The molecule has 3 atom stereocenters. The van der Waals surface area contributed by atoms with Crippen LogP contribution in [-0.4, -0.2) is 91.2 Å². The molecular weight excluding hydrogens is 542 g/mol. The van der Waals surface area contributed by atoms with Gasteiger partial charge in [-0.15, -0.1) is 28.4 Å². The van der Waals surface area contributed by atoms with E-state index >= 15 is 0 Å². The van der Waals surface area contributed by atoms with E-state index in [1.807, 2.05) is 0 Å². The van der Waals surface area contributed by atoms with Crippen molar-refractivity contribution in [3.8, 4) is 12.3 Å². The molecule has 13 nitrogen and oxygen atoms in total. The van der Waals surface area contributed by atoms with Gasteiger partial charge in [0.05, 0.1) is 0 Å². The zero-order valence-electron chi connectivity index (χ0n) is 18.9. The molecule has 2 aromatic heterocycles. The van der Waals surface area contributed by atoms with Crippen molar-refractivity contribution in [3.63, 3.8) is 0 Å². The number of fused-ring (bicyclic) bond motifs is 1. The number of hydrogen-bond donors (Lipinski definition) is 3. The summed E-state index contributed by atoms with van der Waals surface area (Å²) in [5, 5.41) is 26.0. The van der Waals surface area contributed by atoms with Crippen molar-refractivity contribution >= 4 is 70.6 Å². The minimum absolute atomic E-state index is 0.00417. The molecule has 3 N–H and O–H groups in total. The summed E-state index contributed by atoms with van der Waals surface area (Å²) in [5.74, 6) is 0.700. The molecule has 192 valence electrons. The van der Waals surface area contributed by atoms with Gasteiger partial charge < -0.3 is 25.5 Å². The maximum absolute atomic E-state index is 13.1. The number of nitrogens with zero attached hydrogens (tertiary/aromatic N) is 5. The van der Waals surface area contributed by atoms with Crippen LogP contribution in [0.3, 0.4) is 0 Å². The number of aliphatic carboxylic acids is 1. The van der Waals surface area contributed by atoms with Crippen LogP contribution in [0.15, 0.2) is 33.2 Å². The van der Waals surface area contributed by atoms with Crippen molar-refractivity contribution in [2.75, 3.05) is 30.0 Å². The van der Waals surface area contributed by atoms with Crippen LogP contribution in [0.1, 0.15) is 5.69 Å². The van der Waals surface area contributed by atoms with Crippen molar-refractivity contribution < 1.29 is 29.1 Å². The van der Waals surface area contributed by atoms with Crippen LogP contribution in [0.4, 0.5) is 5.82 Å². The van der Waals surface area contributed by atoms with Crippen molar-refractivity contribution in [2.45, 2.75) is 15.8 Å². The quantitative estimate of drug-likeness (QED) is 0.0646. The van der Waals surface area contributed by atoms with E-state index in [2.05, 4.69) is 36.9 Å². The molecule has 16 heteroatoms. The summed E-state index contributed by atoms with van der Waals surface area (Å²) in [6.45, 7) is -0.200. The fourth-order valence-corrected chi connectivity index (χ4v) is 6.94. The molecule has 0 aliphatic carbocycles. The van der Waals surface area contributed by atoms with Crippen LogP contribution in [0.5, 0.6) is 0 Å². The number of amides is 3. The van der Waals surface area contributed by atoms with Gasteiger partial charge in [-0.3, -0.25) is 19.2 Å². The molecule has 0 aromatic carbocycles. The second-order valence-electron chi connectivity index (χ2n) is 7.79. The summed E-state index contributed by atoms with van der Waals surface area (Å²) in [6.07, 6.45) is 5.61. The third kappa shape index (κ3) is 5.68. The Morgan fingerprint density at radius 2 is 2.30 bits per heavy atom. The average Bonchev–Trinajstić information content (AvgIpc) is 3.42. The van der Waals surface area contributed by atoms with Gasteiger partial charge in [0.2, 0.25) is 12.3 Å². The molecule has 0 bridgehead atoms. The summed E-state index contributed by atoms with van der Waals surface area (Å²) in [4.78, 5) is 59.6. The Labute approximate surface area is 222 Å². The average molecular weight is 562 g/mol. The number of nitrogens with one attached hydrogen (secondary N) is 2. The molecule has 4 rings (SSSR count). The number of aromatic nitrogens is 3. The Morgan fingerprint density at radius 3 is 3.00 bits per heavy atom. The van der Waals surface area contributed by atoms with Crippen LogP contribution in [0.2, 0.25) is 0 Å². The van der Waals surface area contributed by atoms with E-state index in [0.717, 1.165) is 0 Å². The number of thioether (sulfide) groups is 2. The molecule has 2 aliphatic heterocycles. The number of oxime groups is 1. The first-order chi connectivity index (χ1) is 17.9. The number of pyridine rings is 1. The number of rotatable bonds is 11. The van der Waals surface area contributed by atoms with Gasteiger partial charge in [-0.1, -0.05) is 40.2 Å². The minimum atomic E-state index is -1.17. The zero-order chi connectivity index (χ0) is 26.4. The highest BCUT2D eigenvalue weighted by atomic mass is 32.2. The maximum Gasteiger partial charge on any atom is 0.313 e. The fourth-order valence-electron chi connectivity index (χ4n) is 3.59. The summed E-state index contributed by atoms with van der Waals surface area (Å²) >= 11 is 3.87. The lowest BCUT2D eigenvalue weighted by atomic mass is 9.89. The fraction of sp³-hybridized carbons (Fsp3) is 0.333. The minimum Gasteiger partial charge on any atom is -0.481 e. The predicted octanol–water partition coefficient (Wildman–Crippen LogP) is 0.118. The molecule has 0 radical (unpaired) electrons. The Kier molecular flexibility index (Phi) is 8.26. The maximum atomic E-state index is 13.1. The molecule has 3 amide bonds. The number of carboxylic acids is 1. The first kappa shape index (κ1) is 26.4. The highest BCUT2D eigenvalue weighted by molar-refractivity contribution is 8.01. The molecule has 0 spiro atoms. The summed E-state index contributed by atoms with van der Waals surface area (Å²) < 4.78 is 0.646. The van der Waals surface area contributed by atoms with E-state index in [1.54, 1.807) is 11.6 Å². The smallest absolute Gasteiger partial charge is 0.313 e. The van der Waals surface area contributed by atoms with E-state index in [1.165, 1.54) is 51.9 Å². The van der Waals surface area contributed by atoms with E-state index in [9.17, 15) is 24.3 Å². The van der Waals surface area contributed by atoms with E-state index in [0.29, 0.717) is 10.7 Å². The Morgan fingerprint density at radius 1 is 1.46 bits per heavy atom. The molecule has 2 aromatic rings. The lowest BCUT2D eigenvalue weighted by molar-refractivity contribution is -0.157. The standard InChI is InChI=1S/C21H19N7O6S3/c1-2-6-34-27-14(12-4-3-5-13(24-12)22-10-29)16(30)25-15-17(31)28-7-21(19(32)33,8-35-18(15)28)9-36-20-26-23-11-37-20/h1,3-5,10-11,15,18H,6-9H2,(H,25,30)(H,32,33)(H,22,24,29)/t15?,18-,21?/m1/s1. The van der Waals surface area contributed by atoms with Crippen LogP contribution >= 0.6 is 34.9 Å². The number of β-lactam (4-membered cyclic amide) rings is 1. The van der Waals surface area contributed by atoms with Gasteiger partial charge in [-0.2, -0.15) is 0 Å². The molecular formula is C21H19N7O6S3. The van der Waals surface area contributed by atoms with Crippen LogP contribution in [-0.2, 0) is 24.0 Å². The van der Waals surface area contributed by atoms with Gasteiger partial charge in [0.25, 0.3) is 5.91 Å². The highest BCUT2D eigenvalue weighted by Crippen LogP contribution is 2.44. The van der Waals surface area contributed by atoms with Crippen molar-refractivity contribution in [1.82, 2.24) is 25.4 Å². The molecule has 2 saturated heterocycles. The Balaban J connectivity index is 1.46. The van der Waals surface area contributed by atoms with Gasteiger partial charge in [0, 0.05) is 18.1 Å². The predicted molar refractivity (Wildman–Crippen MR) is 136 cm³/mol. The van der Waals surface area contributed by atoms with E-state index < -0.39 is 34.6 Å². The van der Waals surface area contributed by atoms with Gasteiger partial charge in [-0.25, -0.2) is 4.98 Å². The molecule has 0 saturated carbocycles. The number of hydrogen-bond acceptors (Lipinski definition) is 12. The Bertz CT molecular complexity index is 1270. The summed E-state index contributed by atoms with van der Waals surface area (Å²) in [5.41, 5.74) is 0.228. The molecule has 37 heavy (non-hydrogen) atoms.